The topological polar surface area (TPSA) is 83.5 Å². The number of carbonyl (C=O) groups is 1. The zero-order valence-electron chi connectivity index (χ0n) is 14.9. The molecule has 0 bridgehead atoms. The molecule has 6 nitrogen and oxygen atoms in total. The van der Waals surface area contributed by atoms with E-state index in [4.69, 9.17) is 4.74 Å². The van der Waals surface area contributed by atoms with E-state index < -0.39 is 6.10 Å². The highest BCUT2D eigenvalue weighted by atomic mass is 16.5. The van der Waals surface area contributed by atoms with Gasteiger partial charge in [-0.2, -0.15) is 0 Å². The molecule has 138 valence electrons. The number of aryl methyl sites for hydroxylation is 1. The first-order valence-electron chi connectivity index (χ1n) is 9.03. The number of carbonyl (C=O) groups excluding carboxylic acids is 1. The molecule has 1 amide bonds. The van der Waals surface area contributed by atoms with Crippen molar-refractivity contribution in [1.29, 1.82) is 0 Å². The molecule has 0 saturated carbocycles. The number of nitrogens with one attached hydrogen (secondary N) is 2. The van der Waals surface area contributed by atoms with Gasteiger partial charge in [0.2, 0.25) is 5.91 Å². The van der Waals surface area contributed by atoms with Crippen molar-refractivity contribution in [2.75, 3.05) is 18.5 Å². The lowest BCUT2D eigenvalue weighted by Crippen LogP contribution is -2.34. The predicted octanol–water partition coefficient (Wildman–Crippen LogP) is 2.45. The minimum Gasteiger partial charge on any atom is -0.491 e. The van der Waals surface area contributed by atoms with Crippen LogP contribution in [0.5, 0.6) is 5.75 Å². The van der Waals surface area contributed by atoms with Crippen LogP contribution in [0.25, 0.3) is 0 Å². The Morgan fingerprint density at radius 2 is 2.19 bits per heavy atom. The number of aliphatic hydroxyl groups is 1. The van der Waals surface area contributed by atoms with Gasteiger partial charge in [0.1, 0.15) is 18.5 Å². The Morgan fingerprint density at radius 3 is 2.96 bits per heavy atom. The lowest BCUT2D eigenvalue weighted by Gasteiger charge is -2.20. The standard InChI is InChI=1S/C20H25N3O3/c1-2-17(19-5-3-4-10-21-19)22-12-15(24)13-26-16-7-8-18-14(11-16)6-9-20(25)23-18/h3-5,7-8,10-11,15,17,22,24H,2,6,9,12-13H2,1H3,(H,23,25)/t15?,17-/m1/s1. The number of hydrogen-bond donors (Lipinski definition) is 3. The first kappa shape index (κ1) is 18.4. The van der Waals surface area contributed by atoms with Gasteiger partial charge in [-0.05, 0) is 48.7 Å². The number of benzene rings is 1. The third-order valence-corrected chi connectivity index (χ3v) is 4.47. The third kappa shape index (κ3) is 4.80. The molecule has 0 aliphatic carbocycles. The van der Waals surface area contributed by atoms with E-state index in [1.807, 2.05) is 36.4 Å². The van der Waals surface area contributed by atoms with Crippen LogP contribution < -0.4 is 15.4 Å². The van der Waals surface area contributed by atoms with Crippen LogP contribution in [0.15, 0.2) is 42.6 Å². The molecule has 2 heterocycles. The number of amides is 1. The quantitative estimate of drug-likeness (QED) is 0.677. The number of ether oxygens (including phenoxy) is 1. The molecule has 1 unspecified atom stereocenters. The van der Waals surface area contributed by atoms with E-state index in [1.54, 1.807) is 6.20 Å². The van der Waals surface area contributed by atoms with Crippen molar-refractivity contribution in [3.63, 3.8) is 0 Å². The maximum Gasteiger partial charge on any atom is 0.224 e. The smallest absolute Gasteiger partial charge is 0.224 e. The molecule has 0 spiro atoms. The number of hydrogen-bond acceptors (Lipinski definition) is 5. The van der Waals surface area contributed by atoms with E-state index in [0.29, 0.717) is 25.1 Å². The number of pyridine rings is 1. The highest BCUT2D eigenvalue weighted by Gasteiger charge is 2.16. The number of nitrogens with zero attached hydrogens (tertiary/aromatic N) is 1. The van der Waals surface area contributed by atoms with Gasteiger partial charge >= 0.3 is 0 Å². The number of rotatable bonds is 8. The van der Waals surface area contributed by atoms with Crippen LogP contribution in [0, 0.1) is 0 Å². The van der Waals surface area contributed by atoms with Crippen LogP contribution in [0.1, 0.15) is 37.1 Å². The Hall–Kier alpha value is -2.44. The van der Waals surface area contributed by atoms with Crippen molar-refractivity contribution in [2.24, 2.45) is 0 Å². The summed E-state index contributed by atoms with van der Waals surface area (Å²) in [5.74, 6) is 0.752. The van der Waals surface area contributed by atoms with E-state index in [2.05, 4.69) is 22.5 Å². The Labute approximate surface area is 153 Å². The van der Waals surface area contributed by atoms with Gasteiger partial charge in [-0.1, -0.05) is 13.0 Å². The zero-order chi connectivity index (χ0) is 18.4. The summed E-state index contributed by atoms with van der Waals surface area (Å²) >= 11 is 0. The van der Waals surface area contributed by atoms with Crippen molar-refractivity contribution in [3.05, 3.63) is 53.9 Å². The van der Waals surface area contributed by atoms with Gasteiger partial charge in [-0.25, -0.2) is 0 Å². The van der Waals surface area contributed by atoms with E-state index in [0.717, 1.165) is 23.4 Å². The average molecular weight is 355 g/mol. The number of aromatic nitrogens is 1. The molecule has 1 aliphatic heterocycles. The van der Waals surface area contributed by atoms with E-state index in [9.17, 15) is 9.90 Å². The highest BCUT2D eigenvalue weighted by molar-refractivity contribution is 5.93. The fraction of sp³-hybridized carbons (Fsp3) is 0.400. The van der Waals surface area contributed by atoms with Crippen LogP contribution in [0.4, 0.5) is 5.69 Å². The second-order valence-electron chi connectivity index (χ2n) is 6.46. The van der Waals surface area contributed by atoms with Crippen LogP contribution in [-0.2, 0) is 11.2 Å². The van der Waals surface area contributed by atoms with Crippen LogP contribution >= 0.6 is 0 Å². The minimum absolute atomic E-state index is 0.0473. The molecule has 1 aromatic heterocycles. The van der Waals surface area contributed by atoms with Crippen LogP contribution in [0.2, 0.25) is 0 Å². The summed E-state index contributed by atoms with van der Waals surface area (Å²) in [6.07, 6.45) is 3.25. The molecule has 0 fully saturated rings. The largest absolute Gasteiger partial charge is 0.491 e. The summed E-state index contributed by atoms with van der Waals surface area (Å²) in [5.41, 5.74) is 2.88. The first-order valence-corrected chi connectivity index (χ1v) is 9.03. The second-order valence-corrected chi connectivity index (χ2v) is 6.46. The summed E-state index contributed by atoms with van der Waals surface area (Å²) in [6.45, 7) is 2.72. The molecule has 3 N–H and O–H groups in total. The molecule has 1 aliphatic rings. The van der Waals surface area contributed by atoms with Crippen molar-refractivity contribution < 1.29 is 14.6 Å². The second kappa shape index (κ2) is 8.78. The normalized spacial score (nSPS) is 15.7. The number of anilines is 1. The molecule has 3 rings (SSSR count). The number of fused-ring (bicyclic) bond motifs is 1. The monoisotopic (exact) mass is 355 g/mol. The van der Waals surface area contributed by atoms with Crippen molar-refractivity contribution in [3.8, 4) is 5.75 Å². The van der Waals surface area contributed by atoms with E-state index >= 15 is 0 Å². The van der Waals surface area contributed by atoms with E-state index in [1.165, 1.54) is 0 Å². The number of aliphatic hydroxyl groups excluding tert-OH is 1. The summed E-state index contributed by atoms with van der Waals surface area (Å²) in [7, 11) is 0. The fourth-order valence-corrected chi connectivity index (χ4v) is 3.02. The lowest BCUT2D eigenvalue weighted by atomic mass is 10.0. The molecule has 2 atom stereocenters. The molecule has 2 aromatic rings. The Kier molecular flexibility index (Phi) is 6.20. The SMILES string of the molecule is CC[C@@H](NCC(O)COc1ccc2c(c1)CCC(=O)N2)c1ccccn1. The average Bonchev–Trinajstić information content (AvgIpc) is 2.67. The molecular weight excluding hydrogens is 330 g/mol. The van der Waals surface area contributed by atoms with Crippen molar-refractivity contribution in [1.82, 2.24) is 10.3 Å². The Balaban J connectivity index is 1.48. The van der Waals surface area contributed by atoms with E-state index in [-0.39, 0.29) is 18.6 Å². The van der Waals surface area contributed by atoms with Gasteiger partial charge in [-0.15, -0.1) is 0 Å². The first-order chi connectivity index (χ1) is 12.7. The van der Waals surface area contributed by atoms with Gasteiger partial charge in [0.05, 0.1) is 5.69 Å². The Bertz CT molecular complexity index is 736. The van der Waals surface area contributed by atoms with Gasteiger partial charge in [0, 0.05) is 30.9 Å². The van der Waals surface area contributed by atoms with Gasteiger partial charge in [0.15, 0.2) is 0 Å². The maximum atomic E-state index is 11.4. The van der Waals surface area contributed by atoms with Gasteiger partial charge in [0.25, 0.3) is 0 Å². The molecule has 26 heavy (non-hydrogen) atoms. The molecule has 6 heteroatoms. The lowest BCUT2D eigenvalue weighted by molar-refractivity contribution is -0.116. The summed E-state index contributed by atoms with van der Waals surface area (Å²) in [5, 5.41) is 16.4. The summed E-state index contributed by atoms with van der Waals surface area (Å²) < 4.78 is 5.71. The van der Waals surface area contributed by atoms with Crippen molar-refractivity contribution >= 4 is 11.6 Å². The minimum atomic E-state index is -0.622. The third-order valence-electron chi connectivity index (χ3n) is 4.47. The summed E-state index contributed by atoms with van der Waals surface area (Å²) in [4.78, 5) is 15.8. The molecule has 1 aromatic carbocycles. The zero-order valence-corrected chi connectivity index (χ0v) is 14.9. The fourth-order valence-electron chi connectivity index (χ4n) is 3.02. The van der Waals surface area contributed by atoms with Crippen molar-refractivity contribution in [2.45, 2.75) is 38.3 Å². The molecule has 0 saturated heterocycles. The van der Waals surface area contributed by atoms with Gasteiger partial charge < -0.3 is 20.5 Å². The molecular formula is C20H25N3O3. The maximum absolute atomic E-state index is 11.4. The van der Waals surface area contributed by atoms with Crippen LogP contribution in [-0.4, -0.2) is 35.3 Å². The predicted molar refractivity (Wildman–Crippen MR) is 100 cm³/mol. The van der Waals surface area contributed by atoms with Gasteiger partial charge in [-0.3, -0.25) is 9.78 Å². The summed E-state index contributed by atoms with van der Waals surface area (Å²) in [6, 6.07) is 11.5. The van der Waals surface area contributed by atoms with Crippen LogP contribution in [0.3, 0.4) is 0 Å². The Morgan fingerprint density at radius 1 is 1.31 bits per heavy atom. The molecule has 0 radical (unpaired) electrons. The highest BCUT2D eigenvalue weighted by Crippen LogP contribution is 2.26.